The maximum absolute atomic E-state index is 12.9. The molecule has 2 aliphatic rings. The second-order valence-corrected chi connectivity index (χ2v) is 8.18. The van der Waals surface area contributed by atoms with Crippen LogP contribution >= 0.6 is 0 Å². The van der Waals surface area contributed by atoms with Crippen LogP contribution in [0.5, 0.6) is 0 Å². The predicted octanol–water partition coefficient (Wildman–Crippen LogP) is 1.48. The molecule has 1 aliphatic carbocycles. The molecule has 3 atom stereocenters. The molecule has 2 aromatic rings. The van der Waals surface area contributed by atoms with E-state index >= 15 is 0 Å². The molecule has 2 amide bonds. The lowest BCUT2D eigenvalue weighted by atomic mass is 9.93. The van der Waals surface area contributed by atoms with E-state index in [-0.39, 0.29) is 42.2 Å². The number of H-pyrrole nitrogens is 1. The molecule has 2 fully saturated rings. The summed E-state index contributed by atoms with van der Waals surface area (Å²) >= 11 is 0. The van der Waals surface area contributed by atoms with Crippen molar-refractivity contribution in [2.24, 2.45) is 17.8 Å². The zero-order valence-electron chi connectivity index (χ0n) is 16.6. The van der Waals surface area contributed by atoms with E-state index in [0.717, 1.165) is 12.8 Å². The number of aromatic amines is 1. The Bertz CT molecular complexity index is 973. The highest BCUT2D eigenvalue weighted by atomic mass is 16.2. The molecule has 156 valence electrons. The van der Waals surface area contributed by atoms with Crippen LogP contribution in [-0.2, 0) is 9.59 Å². The van der Waals surface area contributed by atoms with Crippen molar-refractivity contribution in [2.45, 2.75) is 44.6 Å². The quantitative estimate of drug-likeness (QED) is 0.537. The minimum Gasteiger partial charge on any atom is -0.356 e. The molecule has 0 radical (unpaired) electrons. The largest absolute Gasteiger partial charge is 0.356 e. The van der Waals surface area contributed by atoms with Gasteiger partial charge in [0.05, 0.1) is 23.3 Å². The van der Waals surface area contributed by atoms with Crippen LogP contribution in [0.25, 0.3) is 11.0 Å². The Hall–Kier alpha value is -3.28. The van der Waals surface area contributed by atoms with Gasteiger partial charge in [-0.3, -0.25) is 19.4 Å². The Kier molecular flexibility index (Phi) is 5.74. The predicted molar refractivity (Wildman–Crippen MR) is 107 cm³/mol. The average molecular weight is 408 g/mol. The topological polar surface area (TPSA) is 141 Å². The molecule has 0 aromatic carbocycles. The van der Waals surface area contributed by atoms with Gasteiger partial charge in [-0.05, 0) is 31.2 Å². The van der Waals surface area contributed by atoms with E-state index in [1.54, 1.807) is 18.5 Å². The van der Waals surface area contributed by atoms with Gasteiger partial charge < -0.3 is 15.6 Å². The van der Waals surface area contributed by atoms with E-state index in [1.807, 2.05) is 0 Å². The molecule has 1 aliphatic heterocycles. The molecule has 9 nitrogen and oxygen atoms in total. The molecule has 0 unspecified atom stereocenters. The lowest BCUT2D eigenvalue weighted by Crippen LogP contribution is -2.40. The number of carbonyl (C=O) groups is 3. The van der Waals surface area contributed by atoms with Crippen molar-refractivity contribution in [1.82, 2.24) is 25.6 Å². The Morgan fingerprint density at radius 1 is 1.30 bits per heavy atom. The molecule has 2 aromatic heterocycles. The normalized spacial score (nSPS) is 20.4. The Balaban J connectivity index is 1.41. The van der Waals surface area contributed by atoms with Crippen LogP contribution in [0.4, 0.5) is 0 Å². The van der Waals surface area contributed by atoms with E-state index in [4.69, 9.17) is 0 Å². The van der Waals surface area contributed by atoms with Gasteiger partial charge in [-0.2, -0.15) is 5.26 Å². The van der Waals surface area contributed by atoms with Gasteiger partial charge in [0.1, 0.15) is 6.04 Å². The molecule has 3 N–H and O–H groups in total. The monoisotopic (exact) mass is 408 g/mol. The van der Waals surface area contributed by atoms with Gasteiger partial charge >= 0.3 is 0 Å². The Morgan fingerprint density at radius 3 is 2.80 bits per heavy atom. The van der Waals surface area contributed by atoms with Gasteiger partial charge in [0, 0.05) is 31.0 Å². The summed E-state index contributed by atoms with van der Waals surface area (Å²) in [5, 5.41) is 15.0. The summed E-state index contributed by atoms with van der Waals surface area (Å²) in [7, 11) is 0. The fourth-order valence-corrected chi connectivity index (χ4v) is 3.94. The van der Waals surface area contributed by atoms with Crippen molar-refractivity contribution < 1.29 is 14.4 Å². The van der Waals surface area contributed by atoms with Gasteiger partial charge in [0.25, 0.3) is 0 Å². The minimum atomic E-state index is -0.750. The molecule has 0 bridgehead atoms. The molecule has 30 heavy (non-hydrogen) atoms. The second-order valence-electron chi connectivity index (χ2n) is 8.18. The molecule has 9 heteroatoms. The Labute approximate surface area is 173 Å². The first-order chi connectivity index (χ1) is 14.5. The molecular weight excluding hydrogens is 384 g/mol. The highest BCUT2D eigenvalue weighted by Crippen LogP contribution is 2.36. The number of amides is 2. The standard InChI is InChI=1S/C21H24N6O3/c22-10-15(8-13-3-6-24-20(13)29)25-21(30)14(7-12-1-2-12)9-18(28)19-26-16-4-5-23-11-17(16)27-19/h4-5,11-15H,1-3,6-9H2,(H,24,29)(H,25,30)(H,26,27)/t13-,14+,15-/m0/s1. The van der Waals surface area contributed by atoms with Gasteiger partial charge in [-0.25, -0.2) is 4.98 Å². The van der Waals surface area contributed by atoms with Gasteiger partial charge in [0.15, 0.2) is 11.6 Å². The molecule has 1 saturated carbocycles. The molecule has 4 rings (SSSR count). The minimum absolute atomic E-state index is 0.0254. The number of hydrogen-bond acceptors (Lipinski definition) is 6. The number of hydrogen-bond donors (Lipinski definition) is 3. The lowest BCUT2D eigenvalue weighted by molar-refractivity contribution is -0.127. The summed E-state index contributed by atoms with van der Waals surface area (Å²) in [6.07, 6.45) is 6.90. The number of nitrogens with one attached hydrogen (secondary N) is 3. The second kappa shape index (κ2) is 8.61. The molecule has 1 saturated heterocycles. The third kappa shape index (κ3) is 4.64. The lowest BCUT2D eigenvalue weighted by Gasteiger charge is -2.19. The summed E-state index contributed by atoms with van der Waals surface area (Å²) in [6, 6.07) is 3.05. The van der Waals surface area contributed by atoms with E-state index in [2.05, 4.69) is 31.7 Å². The zero-order chi connectivity index (χ0) is 21.1. The van der Waals surface area contributed by atoms with E-state index < -0.39 is 12.0 Å². The van der Waals surface area contributed by atoms with Crippen molar-refractivity contribution in [3.8, 4) is 6.07 Å². The molecule has 0 spiro atoms. The smallest absolute Gasteiger partial charge is 0.224 e. The Morgan fingerprint density at radius 2 is 2.13 bits per heavy atom. The van der Waals surface area contributed by atoms with Crippen molar-refractivity contribution in [2.75, 3.05) is 6.54 Å². The summed E-state index contributed by atoms with van der Waals surface area (Å²) < 4.78 is 0. The first-order valence-electron chi connectivity index (χ1n) is 10.3. The van der Waals surface area contributed by atoms with Crippen molar-refractivity contribution in [3.05, 3.63) is 24.3 Å². The van der Waals surface area contributed by atoms with Crippen LogP contribution in [0.1, 0.15) is 49.1 Å². The number of aromatic nitrogens is 3. The third-order valence-corrected chi connectivity index (χ3v) is 5.82. The van der Waals surface area contributed by atoms with E-state index in [9.17, 15) is 19.6 Å². The van der Waals surface area contributed by atoms with Crippen molar-refractivity contribution >= 4 is 28.6 Å². The number of ketones is 1. The van der Waals surface area contributed by atoms with Crippen molar-refractivity contribution in [1.29, 1.82) is 5.26 Å². The molecule has 3 heterocycles. The number of fused-ring (bicyclic) bond motifs is 1. The average Bonchev–Trinajstić information content (AvgIpc) is 3.30. The summed E-state index contributed by atoms with van der Waals surface area (Å²) in [6.45, 7) is 0.599. The van der Waals surface area contributed by atoms with Crippen LogP contribution in [0, 0.1) is 29.1 Å². The number of imidazole rings is 1. The van der Waals surface area contributed by atoms with Gasteiger partial charge in [-0.15, -0.1) is 0 Å². The summed E-state index contributed by atoms with van der Waals surface area (Å²) in [4.78, 5) is 48.8. The number of carbonyl (C=O) groups excluding carboxylic acids is 3. The maximum atomic E-state index is 12.9. The zero-order valence-corrected chi connectivity index (χ0v) is 16.6. The molecular formula is C21H24N6O3. The van der Waals surface area contributed by atoms with Gasteiger partial charge in [-0.1, -0.05) is 12.8 Å². The highest BCUT2D eigenvalue weighted by Gasteiger charge is 2.34. The first-order valence-corrected chi connectivity index (χ1v) is 10.3. The fourth-order valence-electron chi connectivity index (χ4n) is 3.94. The maximum Gasteiger partial charge on any atom is 0.224 e. The van der Waals surface area contributed by atoms with Crippen LogP contribution in [0.2, 0.25) is 0 Å². The fraction of sp³-hybridized carbons (Fsp3) is 0.524. The number of Topliss-reactive ketones (excluding diaryl/α,β-unsaturated/α-hetero) is 1. The highest BCUT2D eigenvalue weighted by molar-refractivity contribution is 5.98. The van der Waals surface area contributed by atoms with E-state index in [1.165, 1.54) is 0 Å². The van der Waals surface area contributed by atoms with Crippen LogP contribution in [0.15, 0.2) is 18.5 Å². The number of nitriles is 1. The third-order valence-electron chi connectivity index (χ3n) is 5.82. The van der Waals surface area contributed by atoms with Crippen LogP contribution in [0.3, 0.4) is 0 Å². The number of nitrogens with zero attached hydrogens (tertiary/aromatic N) is 3. The SMILES string of the molecule is N#C[C@H](C[C@@H]1CCNC1=O)NC(=O)[C@@H](CC(=O)c1nc2ccncc2[nH]1)CC1CC1. The summed E-state index contributed by atoms with van der Waals surface area (Å²) in [5.74, 6) is -0.755. The van der Waals surface area contributed by atoms with E-state index in [0.29, 0.717) is 36.3 Å². The summed E-state index contributed by atoms with van der Waals surface area (Å²) in [5.41, 5.74) is 1.32. The van der Waals surface area contributed by atoms with Crippen molar-refractivity contribution in [3.63, 3.8) is 0 Å². The number of pyridine rings is 1. The number of rotatable bonds is 9. The van der Waals surface area contributed by atoms with Crippen LogP contribution in [-0.4, -0.2) is 45.1 Å². The van der Waals surface area contributed by atoms with Crippen LogP contribution < -0.4 is 10.6 Å². The van der Waals surface area contributed by atoms with Gasteiger partial charge in [0.2, 0.25) is 11.8 Å². The first kappa shape index (κ1) is 20.0.